The molecule has 3 N–H and O–H groups in total. The summed E-state index contributed by atoms with van der Waals surface area (Å²) in [5.74, 6) is 0.597. The van der Waals surface area contributed by atoms with Gasteiger partial charge in [0.15, 0.2) is 5.54 Å². The predicted molar refractivity (Wildman–Crippen MR) is 105 cm³/mol. The van der Waals surface area contributed by atoms with Gasteiger partial charge in [0.2, 0.25) is 11.9 Å². The lowest BCUT2D eigenvalue weighted by Gasteiger charge is -2.31. The summed E-state index contributed by atoms with van der Waals surface area (Å²) < 4.78 is 6.00. The maximum absolute atomic E-state index is 13.1. The molecule has 0 spiro atoms. The summed E-state index contributed by atoms with van der Waals surface area (Å²) in [7, 11) is 1.58. The highest BCUT2D eigenvalue weighted by Gasteiger charge is 2.49. The zero-order chi connectivity index (χ0) is 20.1. The van der Waals surface area contributed by atoms with Gasteiger partial charge in [0.05, 0.1) is 5.69 Å². The lowest BCUT2D eigenvalue weighted by Crippen LogP contribution is -2.47. The quantitative estimate of drug-likeness (QED) is 0.650. The van der Waals surface area contributed by atoms with Gasteiger partial charge in [0.25, 0.3) is 5.91 Å². The molecular formula is C20H28N4O4. The number of anilines is 1. The number of para-hydroxylation sites is 2. The molecule has 1 aliphatic carbocycles. The number of hydrogen-bond acceptors (Lipinski definition) is 6. The molecule has 1 saturated carbocycles. The SMILES string of the molecule is CC(=O)Nc1ccccc1OCC1(CC2CCCCC2)N=C(NO)N(C)C1=O. The fourth-order valence-corrected chi connectivity index (χ4v) is 4.07. The summed E-state index contributed by atoms with van der Waals surface area (Å²) in [5.41, 5.74) is 1.47. The number of likely N-dealkylation sites (N-methyl/N-ethyl adjacent to an activating group) is 1. The van der Waals surface area contributed by atoms with Crippen molar-refractivity contribution in [2.45, 2.75) is 51.0 Å². The Bertz CT molecular complexity index is 760. The Hall–Kier alpha value is -2.61. The van der Waals surface area contributed by atoms with Crippen LogP contribution in [0.15, 0.2) is 29.3 Å². The van der Waals surface area contributed by atoms with Gasteiger partial charge in [0.1, 0.15) is 12.4 Å². The van der Waals surface area contributed by atoms with E-state index in [9.17, 15) is 14.8 Å². The van der Waals surface area contributed by atoms with Crippen LogP contribution in [0.5, 0.6) is 5.75 Å². The largest absolute Gasteiger partial charge is 0.488 e. The first-order valence-electron chi connectivity index (χ1n) is 9.73. The van der Waals surface area contributed by atoms with Crippen molar-refractivity contribution >= 4 is 23.5 Å². The number of hydroxylamine groups is 1. The van der Waals surface area contributed by atoms with Gasteiger partial charge in [-0.3, -0.25) is 19.7 Å². The molecule has 2 amide bonds. The molecule has 3 rings (SSSR count). The van der Waals surface area contributed by atoms with Crippen LogP contribution >= 0.6 is 0 Å². The Morgan fingerprint density at radius 1 is 1.32 bits per heavy atom. The maximum atomic E-state index is 13.1. The van der Waals surface area contributed by atoms with Crippen LogP contribution in [0, 0.1) is 5.92 Å². The van der Waals surface area contributed by atoms with Crippen molar-refractivity contribution in [2.24, 2.45) is 10.9 Å². The van der Waals surface area contributed by atoms with E-state index in [4.69, 9.17) is 4.74 Å². The van der Waals surface area contributed by atoms with Crippen molar-refractivity contribution in [2.75, 3.05) is 19.0 Å². The summed E-state index contributed by atoms with van der Waals surface area (Å²) >= 11 is 0. The number of rotatable bonds is 6. The lowest BCUT2D eigenvalue weighted by molar-refractivity contribution is -0.132. The van der Waals surface area contributed by atoms with E-state index in [-0.39, 0.29) is 24.4 Å². The lowest BCUT2D eigenvalue weighted by atomic mass is 9.79. The number of nitrogens with one attached hydrogen (secondary N) is 2. The molecule has 0 radical (unpaired) electrons. The highest BCUT2D eigenvalue weighted by atomic mass is 16.5. The first-order chi connectivity index (χ1) is 13.4. The first-order valence-corrected chi connectivity index (χ1v) is 9.73. The average molecular weight is 388 g/mol. The number of nitrogens with zero attached hydrogens (tertiary/aromatic N) is 2. The van der Waals surface area contributed by atoms with Gasteiger partial charge < -0.3 is 10.1 Å². The number of guanidine groups is 1. The zero-order valence-electron chi connectivity index (χ0n) is 16.4. The second-order valence-electron chi connectivity index (χ2n) is 7.62. The molecule has 1 fully saturated rings. The van der Waals surface area contributed by atoms with Gasteiger partial charge in [-0.25, -0.2) is 10.5 Å². The van der Waals surface area contributed by atoms with Gasteiger partial charge in [-0.15, -0.1) is 0 Å². The number of benzene rings is 1. The molecule has 0 aromatic heterocycles. The standard InChI is InChI=1S/C20H28N4O4/c1-14(25)21-16-10-6-7-11-17(16)28-13-20(12-15-8-4-3-5-9-15)18(26)24(2)19(22-20)23-27/h6-7,10-11,15,27H,3-5,8-9,12-13H2,1-2H3,(H,21,25)(H,22,23). The van der Waals surface area contributed by atoms with Crippen LogP contribution in [-0.4, -0.2) is 47.1 Å². The van der Waals surface area contributed by atoms with Crippen LogP contribution in [0.1, 0.15) is 45.4 Å². The highest BCUT2D eigenvalue weighted by Crippen LogP contribution is 2.37. The first kappa shape index (κ1) is 20.1. The van der Waals surface area contributed by atoms with Crippen LogP contribution in [0.3, 0.4) is 0 Å². The van der Waals surface area contributed by atoms with Crippen molar-refractivity contribution in [3.05, 3.63) is 24.3 Å². The molecular weight excluding hydrogens is 360 g/mol. The molecule has 1 atom stereocenters. The van der Waals surface area contributed by atoms with E-state index < -0.39 is 5.54 Å². The van der Waals surface area contributed by atoms with Gasteiger partial charge in [-0.1, -0.05) is 44.2 Å². The van der Waals surface area contributed by atoms with Crippen molar-refractivity contribution in [3.8, 4) is 5.75 Å². The summed E-state index contributed by atoms with van der Waals surface area (Å²) in [4.78, 5) is 30.4. The second-order valence-corrected chi connectivity index (χ2v) is 7.62. The Balaban J connectivity index is 1.83. The van der Waals surface area contributed by atoms with Gasteiger partial charge in [-0.2, -0.15) is 0 Å². The normalized spacial score (nSPS) is 22.8. The van der Waals surface area contributed by atoms with E-state index in [0.717, 1.165) is 25.7 Å². The van der Waals surface area contributed by atoms with Crippen molar-refractivity contribution in [1.29, 1.82) is 0 Å². The molecule has 0 saturated heterocycles. The molecule has 1 aliphatic heterocycles. The Kier molecular flexibility index (Phi) is 6.18. The average Bonchev–Trinajstić information content (AvgIpc) is 2.93. The van der Waals surface area contributed by atoms with E-state index in [0.29, 0.717) is 23.8 Å². The Labute approximate surface area is 164 Å². The summed E-state index contributed by atoms with van der Waals surface area (Å²) in [6.07, 6.45) is 6.25. The van der Waals surface area contributed by atoms with Crippen molar-refractivity contribution < 1.29 is 19.5 Å². The smallest absolute Gasteiger partial charge is 0.260 e. The van der Waals surface area contributed by atoms with Gasteiger partial charge in [0, 0.05) is 14.0 Å². The topological polar surface area (TPSA) is 103 Å². The highest BCUT2D eigenvalue weighted by molar-refractivity contribution is 6.06. The molecule has 1 aromatic carbocycles. The van der Waals surface area contributed by atoms with Crippen molar-refractivity contribution in [3.63, 3.8) is 0 Å². The molecule has 8 heteroatoms. The van der Waals surface area contributed by atoms with E-state index >= 15 is 0 Å². The second kappa shape index (κ2) is 8.60. The van der Waals surface area contributed by atoms with Crippen LogP contribution in [0.25, 0.3) is 0 Å². The monoisotopic (exact) mass is 388 g/mol. The summed E-state index contributed by atoms with van der Waals surface area (Å²) in [6.45, 7) is 1.47. The minimum absolute atomic E-state index is 0.0362. The molecule has 0 bridgehead atoms. The molecule has 1 heterocycles. The van der Waals surface area contributed by atoms with Gasteiger partial charge in [-0.05, 0) is 24.5 Å². The number of carbonyl (C=O) groups excluding carboxylic acids is 2. The third-order valence-corrected chi connectivity index (χ3v) is 5.46. The zero-order valence-corrected chi connectivity index (χ0v) is 16.4. The maximum Gasteiger partial charge on any atom is 0.260 e. The molecule has 1 aromatic rings. The third kappa shape index (κ3) is 4.27. The van der Waals surface area contributed by atoms with E-state index in [1.165, 1.54) is 18.2 Å². The van der Waals surface area contributed by atoms with Gasteiger partial charge >= 0.3 is 0 Å². The Morgan fingerprint density at radius 2 is 2.04 bits per heavy atom. The third-order valence-electron chi connectivity index (χ3n) is 5.46. The number of amides is 2. The fraction of sp³-hybridized carbons (Fsp3) is 0.550. The van der Waals surface area contributed by atoms with Crippen LogP contribution in [-0.2, 0) is 9.59 Å². The fourth-order valence-electron chi connectivity index (χ4n) is 4.07. The van der Waals surface area contributed by atoms with Crippen LogP contribution in [0.4, 0.5) is 5.69 Å². The number of aliphatic imine (C=N–C) groups is 1. The summed E-state index contributed by atoms with van der Waals surface area (Å²) in [5, 5.41) is 12.1. The molecule has 1 unspecified atom stereocenters. The number of carbonyl (C=O) groups is 2. The number of hydrogen-bond donors (Lipinski definition) is 3. The molecule has 152 valence electrons. The van der Waals surface area contributed by atoms with Crippen LogP contribution in [0.2, 0.25) is 0 Å². The van der Waals surface area contributed by atoms with Crippen molar-refractivity contribution in [1.82, 2.24) is 10.4 Å². The predicted octanol–water partition coefficient (Wildman–Crippen LogP) is 2.54. The van der Waals surface area contributed by atoms with Crippen LogP contribution < -0.4 is 15.5 Å². The minimum atomic E-state index is -1.09. The number of ether oxygens (including phenoxy) is 1. The molecule has 2 aliphatic rings. The van der Waals surface area contributed by atoms with E-state index in [2.05, 4.69) is 10.3 Å². The minimum Gasteiger partial charge on any atom is -0.488 e. The summed E-state index contributed by atoms with van der Waals surface area (Å²) in [6, 6.07) is 7.10. The molecule has 8 nitrogen and oxygen atoms in total. The Morgan fingerprint density at radius 3 is 2.68 bits per heavy atom. The van der Waals surface area contributed by atoms with E-state index in [1.807, 2.05) is 5.48 Å². The molecule has 28 heavy (non-hydrogen) atoms. The van der Waals surface area contributed by atoms with E-state index in [1.54, 1.807) is 31.3 Å².